The van der Waals surface area contributed by atoms with E-state index in [-0.39, 0.29) is 12.3 Å². The topological polar surface area (TPSA) is 21.7 Å². The van der Waals surface area contributed by atoms with Crippen LogP contribution in [0.25, 0.3) is 0 Å². The molecular weight excluding hydrogens is 226 g/mol. The van der Waals surface area contributed by atoms with Gasteiger partial charge in [-0.25, -0.2) is 0 Å². The summed E-state index contributed by atoms with van der Waals surface area (Å²) in [5.41, 5.74) is 2.73. The largest absolute Gasteiger partial charge is 0.373 e. The van der Waals surface area contributed by atoms with E-state index in [2.05, 4.69) is 29.2 Å². The van der Waals surface area contributed by atoms with Crippen molar-refractivity contribution in [2.75, 3.05) is 20.8 Å². The van der Waals surface area contributed by atoms with Gasteiger partial charge in [0, 0.05) is 26.8 Å². The van der Waals surface area contributed by atoms with Crippen molar-refractivity contribution >= 4 is 0 Å². The number of hydrogen-bond donors (Lipinski definition) is 0. The van der Waals surface area contributed by atoms with Gasteiger partial charge in [0.2, 0.25) is 0 Å². The highest BCUT2D eigenvalue weighted by Crippen LogP contribution is 2.44. The van der Waals surface area contributed by atoms with E-state index in [0.29, 0.717) is 6.04 Å². The minimum atomic E-state index is 0.0283. The second-order valence-corrected chi connectivity index (χ2v) is 5.16. The van der Waals surface area contributed by atoms with Crippen LogP contribution in [0.4, 0.5) is 0 Å². The van der Waals surface area contributed by atoms with Gasteiger partial charge >= 0.3 is 0 Å². The van der Waals surface area contributed by atoms with Crippen LogP contribution in [-0.4, -0.2) is 31.9 Å². The summed E-state index contributed by atoms with van der Waals surface area (Å²) in [5, 5.41) is 0. The first-order valence-electron chi connectivity index (χ1n) is 6.77. The lowest BCUT2D eigenvalue weighted by molar-refractivity contribution is -0.154. The van der Waals surface area contributed by atoms with E-state index in [0.717, 1.165) is 6.54 Å². The van der Waals surface area contributed by atoms with E-state index in [1.165, 1.54) is 30.4 Å². The lowest BCUT2D eigenvalue weighted by Crippen LogP contribution is -2.49. The lowest BCUT2D eigenvalue weighted by Gasteiger charge is -2.48. The number of hydrogen-bond acceptors (Lipinski definition) is 3. The van der Waals surface area contributed by atoms with E-state index < -0.39 is 0 Å². The molecule has 1 aromatic carbocycles. The fraction of sp³-hybridized carbons (Fsp3) is 0.600. The number of fused-ring (bicyclic) bond motifs is 3. The van der Waals surface area contributed by atoms with E-state index >= 15 is 0 Å². The van der Waals surface area contributed by atoms with Crippen LogP contribution in [0.1, 0.15) is 42.5 Å². The second-order valence-electron chi connectivity index (χ2n) is 5.16. The number of piperidine rings is 1. The van der Waals surface area contributed by atoms with Crippen LogP contribution < -0.4 is 0 Å². The van der Waals surface area contributed by atoms with Gasteiger partial charge in [0.25, 0.3) is 0 Å². The third-order valence-electron chi connectivity index (χ3n) is 4.29. The van der Waals surface area contributed by atoms with E-state index in [1.807, 2.05) is 0 Å². The fourth-order valence-electron chi connectivity index (χ4n) is 3.50. The van der Waals surface area contributed by atoms with Crippen LogP contribution in [0, 0.1) is 0 Å². The van der Waals surface area contributed by atoms with Gasteiger partial charge in [-0.3, -0.25) is 4.90 Å². The quantitative estimate of drug-likeness (QED) is 0.802. The minimum Gasteiger partial charge on any atom is -0.373 e. The van der Waals surface area contributed by atoms with E-state index in [4.69, 9.17) is 9.47 Å². The smallest absolute Gasteiger partial charge is 0.141 e. The Labute approximate surface area is 109 Å². The molecule has 0 aromatic heterocycles. The van der Waals surface area contributed by atoms with Gasteiger partial charge < -0.3 is 9.47 Å². The third kappa shape index (κ3) is 1.78. The molecule has 2 aliphatic rings. The fourth-order valence-corrected chi connectivity index (χ4v) is 3.50. The Morgan fingerprint density at radius 3 is 2.56 bits per heavy atom. The van der Waals surface area contributed by atoms with Crippen molar-refractivity contribution in [3.05, 3.63) is 35.4 Å². The predicted octanol–water partition coefficient (Wildman–Crippen LogP) is 2.89. The standard InChI is InChI=1S/C15H21NO2/c1-17-14-12-8-4-3-7-11(12)13-9-5-6-10-16(13)15(14)18-2/h3-4,7-8,13-15H,5-6,9-10H2,1-2H3. The molecule has 98 valence electrons. The number of ether oxygens (including phenoxy) is 2. The number of nitrogens with zero attached hydrogens (tertiary/aromatic N) is 1. The number of rotatable bonds is 2. The van der Waals surface area contributed by atoms with Crippen LogP contribution >= 0.6 is 0 Å². The van der Waals surface area contributed by atoms with Crippen molar-refractivity contribution in [2.24, 2.45) is 0 Å². The van der Waals surface area contributed by atoms with Crippen molar-refractivity contribution in [2.45, 2.75) is 37.6 Å². The maximum absolute atomic E-state index is 5.72. The first kappa shape index (κ1) is 12.2. The first-order chi connectivity index (χ1) is 8.86. The van der Waals surface area contributed by atoms with Gasteiger partial charge in [-0.1, -0.05) is 30.7 Å². The van der Waals surface area contributed by atoms with Gasteiger partial charge in [-0.05, 0) is 24.0 Å². The van der Waals surface area contributed by atoms with Gasteiger partial charge in [0.05, 0.1) is 0 Å². The van der Waals surface area contributed by atoms with E-state index in [1.54, 1.807) is 14.2 Å². The van der Waals surface area contributed by atoms with Crippen molar-refractivity contribution in [1.29, 1.82) is 0 Å². The highest BCUT2D eigenvalue weighted by Gasteiger charge is 2.41. The summed E-state index contributed by atoms with van der Waals surface area (Å²) >= 11 is 0. The number of methoxy groups -OCH3 is 2. The molecule has 0 bridgehead atoms. The first-order valence-corrected chi connectivity index (χ1v) is 6.77. The van der Waals surface area contributed by atoms with Gasteiger partial charge in [0.15, 0.2) is 0 Å². The summed E-state index contributed by atoms with van der Waals surface area (Å²) in [6.45, 7) is 1.11. The summed E-state index contributed by atoms with van der Waals surface area (Å²) in [4.78, 5) is 2.47. The molecule has 3 unspecified atom stereocenters. The Bertz CT molecular complexity index is 396. The molecule has 2 heterocycles. The molecular formula is C15H21NO2. The average molecular weight is 247 g/mol. The van der Waals surface area contributed by atoms with Gasteiger partial charge in [0.1, 0.15) is 12.3 Å². The number of benzene rings is 1. The molecule has 0 aliphatic carbocycles. The molecule has 3 nitrogen and oxygen atoms in total. The Morgan fingerprint density at radius 2 is 1.83 bits per heavy atom. The summed E-state index contributed by atoms with van der Waals surface area (Å²) in [6.07, 6.45) is 3.88. The summed E-state index contributed by atoms with van der Waals surface area (Å²) in [7, 11) is 3.56. The third-order valence-corrected chi connectivity index (χ3v) is 4.29. The molecule has 2 aliphatic heterocycles. The lowest BCUT2D eigenvalue weighted by atomic mass is 9.84. The highest BCUT2D eigenvalue weighted by molar-refractivity contribution is 5.35. The summed E-state index contributed by atoms with van der Waals surface area (Å²) in [5.74, 6) is 0. The van der Waals surface area contributed by atoms with Crippen molar-refractivity contribution < 1.29 is 9.47 Å². The van der Waals surface area contributed by atoms with E-state index in [9.17, 15) is 0 Å². The maximum atomic E-state index is 5.72. The van der Waals surface area contributed by atoms with Crippen LogP contribution in [0.2, 0.25) is 0 Å². The zero-order chi connectivity index (χ0) is 12.5. The summed E-state index contributed by atoms with van der Waals surface area (Å²) in [6, 6.07) is 9.16. The van der Waals surface area contributed by atoms with Crippen LogP contribution in [0.3, 0.4) is 0 Å². The van der Waals surface area contributed by atoms with Gasteiger partial charge in [-0.2, -0.15) is 0 Å². The molecule has 18 heavy (non-hydrogen) atoms. The predicted molar refractivity (Wildman–Crippen MR) is 70.3 cm³/mol. The average Bonchev–Trinajstić information content (AvgIpc) is 2.45. The van der Waals surface area contributed by atoms with Crippen LogP contribution in [0.5, 0.6) is 0 Å². The molecule has 0 radical (unpaired) electrons. The molecule has 0 N–H and O–H groups in total. The Balaban J connectivity index is 2.07. The van der Waals surface area contributed by atoms with Crippen LogP contribution in [-0.2, 0) is 9.47 Å². The van der Waals surface area contributed by atoms with Crippen molar-refractivity contribution in [3.8, 4) is 0 Å². The Kier molecular flexibility index (Phi) is 3.37. The second kappa shape index (κ2) is 5.00. The molecule has 0 amide bonds. The Hall–Kier alpha value is -0.900. The molecule has 0 saturated carbocycles. The molecule has 1 aromatic rings. The maximum Gasteiger partial charge on any atom is 0.141 e. The molecule has 1 saturated heterocycles. The van der Waals surface area contributed by atoms with Gasteiger partial charge in [-0.15, -0.1) is 0 Å². The molecule has 0 spiro atoms. The molecule has 3 atom stereocenters. The Morgan fingerprint density at radius 1 is 1.06 bits per heavy atom. The zero-order valence-corrected chi connectivity index (χ0v) is 11.1. The van der Waals surface area contributed by atoms with Crippen molar-refractivity contribution in [1.82, 2.24) is 4.90 Å². The molecule has 3 heteroatoms. The normalized spacial score (nSPS) is 31.8. The molecule has 3 rings (SSSR count). The SMILES string of the molecule is COC1c2ccccc2C2CCCCN2C1OC. The molecule has 1 fully saturated rings. The minimum absolute atomic E-state index is 0.0283. The summed E-state index contributed by atoms with van der Waals surface area (Å²) < 4.78 is 11.4. The van der Waals surface area contributed by atoms with Crippen molar-refractivity contribution in [3.63, 3.8) is 0 Å². The highest BCUT2D eigenvalue weighted by atomic mass is 16.5. The van der Waals surface area contributed by atoms with Crippen LogP contribution in [0.15, 0.2) is 24.3 Å². The monoisotopic (exact) mass is 247 g/mol. The zero-order valence-electron chi connectivity index (χ0n) is 11.1.